The molecular weight excluding hydrogens is 274 g/mol. The summed E-state index contributed by atoms with van der Waals surface area (Å²) < 4.78 is 1.24. The van der Waals surface area contributed by atoms with Crippen molar-refractivity contribution in [2.75, 3.05) is 7.11 Å². The van der Waals surface area contributed by atoms with Crippen LogP contribution in [-0.2, 0) is 0 Å². The Morgan fingerprint density at radius 3 is 2.50 bits per heavy atom. The number of pyridine rings is 1. The first-order chi connectivity index (χ1) is 9.70. The molecule has 0 fully saturated rings. The van der Waals surface area contributed by atoms with E-state index in [1.807, 2.05) is 36.4 Å². The first-order valence-electron chi connectivity index (χ1n) is 6.16. The van der Waals surface area contributed by atoms with Crippen LogP contribution < -0.4 is 10.4 Å². The third-order valence-electron chi connectivity index (χ3n) is 3.20. The SMILES string of the molecule is COn1c(=O)cc(-c2ccccc2)c2ccc(Cl)cc21. The Kier molecular flexibility index (Phi) is 3.20. The number of fused-ring (bicyclic) bond motifs is 1. The van der Waals surface area contributed by atoms with Crippen LogP contribution in [0.3, 0.4) is 0 Å². The monoisotopic (exact) mass is 285 g/mol. The lowest BCUT2D eigenvalue weighted by molar-refractivity contribution is 0.169. The number of halogens is 1. The van der Waals surface area contributed by atoms with Crippen molar-refractivity contribution in [3.05, 3.63) is 70.0 Å². The van der Waals surface area contributed by atoms with Crippen LogP contribution >= 0.6 is 11.6 Å². The molecule has 3 nitrogen and oxygen atoms in total. The van der Waals surface area contributed by atoms with E-state index in [0.717, 1.165) is 16.5 Å². The molecule has 0 amide bonds. The van der Waals surface area contributed by atoms with Gasteiger partial charge in [0, 0.05) is 16.5 Å². The van der Waals surface area contributed by atoms with Gasteiger partial charge in [-0.05, 0) is 23.3 Å². The molecule has 1 aromatic heterocycles. The second kappa shape index (κ2) is 5.02. The zero-order valence-corrected chi connectivity index (χ0v) is 11.6. The molecule has 2 aromatic carbocycles. The summed E-state index contributed by atoms with van der Waals surface area (Å²) in [6.07, 6.45) is 0. The molecule has 0 bridgehead atoms. The van der Waals surface area contributed by atoms with Gasteiger partial charge in [-0.2, -0.15) is 0 Å². The second-order valence-electron chi connectivity index (χ2n) is 4.40. The molecule has 4 heteroatoms. The van der Waals surface area contributed by atoms with Gasteiger partial charge in [-0.15, -0.1) is 4.73 Å². The lowest BCUT2D eigenvalue weighted by Gasteiger charge is -2.12. The Bertz CT molecular complexity index is 825. The van der Waals surface area contributed by atoms with Crippen molar-refractivity contribution in [3.8, 4) is 11.1 Å². The van der Waals surface area contributed by atoms with Gasteiger partial charge in [-0.1, -0.05) is 48.0 Å². The van der Waals surface area contributed by atoms with Gasteiger partial charge in [0.15, 0.2) is 0 Å². The van der Waals surface area contributed by atoms with Gasteiger partial charge in [0.25, 0.3) is 5.56 Å². The molecule has 0 aliphatic rings. The van der Waals surface area contributed by atoms with Crippen LogP contribution in [0.1, 0.15) is 0 Å². The number of nitrogens with zero attached hydrogens (tertiary/aromatic N) is 1. The molecule has 3 aromatic rings. The molecule has 0 unspecified atom stereocenters. The van der Waals surface area contributed by atoms with Crippen LogP contribution in [0.25, 0.3) is 22.0 Å². The van der Waals surface area contributed by atoms with Gasteiger partial charge in [0.05, 0.1) is 5.52 Å². The van der Waals surface area contributed by atoms with Crippen LogP contribution in [0.4, 0.5) is 0 Å². The Labute approximate surface area is 120 Å². The zero-order chi connectivity index (χ0) is 14.1. The maximum atomic E-state index is 12.2. The summed E-state index contributed by atoms with van der Waals surface area (Å²) in [6, 6.07) is 16.8. The Morgan fingerprint density at radius 1 is 1.05 bits per heavy atom. The fourth-order valence-electron chi connectivity index (χ4n) is 2.32. The standard InChI is InChI=1S/C16H12ClNO2/c1-20-18-15-9-12(17)7-8-13(15)14(10-16(18)19)11-5-3-2-4-6-11/h2-10H,1H3. The summed E-state index contributed by atoms with van der Waals surface area (Å²) in [4.78, 5) is 17.3. The van der Waals surface area contributed by atoms with Crippen LogP contribution in [0, 0.1) is 0 Å². The number of rotatable bonds is 2. The molecule has 20 heavy (non-hydrogen) atoms. The molecule has 0 N–H and O–H groups in total. The maximum Gasteiger partial charge on any atom is 0.284 e. The van der Waals surface area contributed by atoms with E-state index in [1.165, 1.54) is 11.8 Å². The topological polar surface area (TPSA) is 31.2 Å². The van der Waals surface area contributed by atoms with E-state index in [2.05, 4.69) is 0 Å². The first kappa shape index (κ1) is 12.8. The third-order valence-corrected chi connectivity index (χ3v) is 3.44. The molecule has 0 aliphatic heterocycles. The van der Waals surface area contributed by atoms with Crippen molar-refractivity contribution in [1.82, 2.24) is 4.73 Å². The van der Waals surface area contributed by atoms with E-state index in [0.29, 0.717) is 10.5 Å². The Morgan fingerprint density at radius 2 is 1.80 bits per heavy atom. The predicted molar refractivity (Wildman–Crippen MR) is 81.2 cm³/mol. The van der Waals surface area contributed by atoms with Crippen LogP contribution in [0.2, 0.25) is 5.02 Å². The summed E-state index contributed by atoms with van der Waals surface area (Å²) in [6.45, 7) is 0. The van der Waals surface area contributed by atoms with E-state index >= 15 is 0 Å². The van der Waals surface area contributed by atoms with Gasteiger partial charge in [-0.25, -0.2) is 0 Å². The number of aromatic nitrogens is 1. The summed E-state index contributed by atoms with van der Waals surface area (Å²) >= 11 is 6.03. The van der Waals surface area contributed by atoms with E-state index < -0.39 is 0 Å². The first-order valence-corrected chi connectivity index (χ1v) is 6.54. The molecule has 0 saturated carbocycles. The van der Waals surface area contributed by atoms with E-state index in [-0.39, 0.29) is 5.56 Å². The largest absolute Gasteiger partial charge is 0.413 e. The molecule has 100 valence electrons. The zero-order valence-electron chi connectivity index (χ0n) is 10.8. The van der Waals surface area contributed by atoms with Gasteiger partial charge >= 0.3 is 0 Å². The minimum Gasteiger partial charge on any atom is -0.413 e. The molecule has 0 aliphatic carbocycles. The predicted octanol–water partition coefficient (Wildman–Crippen LogP) is 3.38. The van der Waals surface area contributed by atoms with E-state index in [1.54, 1.807) is 18.2 Å². The molecular formula is C16H12ClNO2. The fourth-order valence-corrected chi connectivity index (χ4v) is 2.49. The normalized spacial score (nSPS) is 10.7. The Balaban J connectivity index is 2.43. The maximum absolute atomic E-state index is 12.2. The number of hydrogen-bond acceptors (Lipinski definition) is 2. The highest BCUT2D eigenvalue weighted by Gasteiger charge is 2.11. The summed E-state index contributed by atoms with van der Waals surface area (Å²) in [7, 11) is 1.46. The van der Waals surface area contributed by atoms with Gasteiger partial charge < -0.3 is 4.84 Å². The van der Waals surface area contributed by atoms with Crippen LogP contribution in [0.5, 0.6) is 0 Å². The fraction of sp³-hybridized carbons (Fsp3) is 0.0625. The van der Waals surface area contributed by atoms with Gasteiger partial charge in [-0.3, -0.25) is 4.79 Å². The lowest BCUT2D eigenvalue weighted by Crippen LogP contribution is -2.24. The average molecular weight is 286 g/mol. The lowest BCUT2D eigenvalue weighted by atomic mass is 10.0. The quantitative estimate of drug-likeness (QED) is 0.723. The van der Waals surface area contributed by atoms with Crippen molar-refractivity contribution in [1.29, 1.82) is 0 Å². The van der Waals surface area contributed by atoms with E-state index in [4.69, 9.17) is 16.4 Å². The van der Waals surface area contributed by atoms with Crippen molar-refractivity contribution < 1.29 is 4.84 Å². The van der Waals surface area contributed by atoms with Crippen molar-refractivity contribution in [3.63, 3.8) is 0 Å². The molecule has 3 rings (SSSR count). The van der Waals surface area contributed by atoms with Crippen molar-refractivity contribution >= 4 is 22.5 Å². The highest BCUT2D eigenvalue weighted by Crippen LogP contribution is 2.28. The third kappa shape index (κ3) is 2.06. The van der Waals surface area contributed by atoms with E-state index in [9.17, 15) is 4.79 Å². The number of hydrogen-bond donors (Lipinski definition) is 0. The number of benzene rings is 2. The Hall–Kier alpha value is -2.26. The minimum atomic E-state index is -0.221. The summed E-state index contributed by atoms with van der Waals surface area (Å²) in [5.74, 6) is 0. The molecule has 0 radical (unpaired) electrons. The second-order valence-corrected chi connectivity index (χ2v) is 4.84. The summed E-state index contributed by atoms with van der Waals surface area (Å²) in [5.41, 5.74) is 2.29. The molecule has 0 spiro atoms. The van der Waals surface area contributed by atoms with Gasteiger partial charge in [0.2, 0.25) is 0 Å². The summed E-state index contributed by atoms with van der Waals surface area (Å²) in [5, 5.41) is 1.48. The van der Waals surface area contributed by atoms with Gasteiger partial charge in [0.1, 0.15) is 7.11 Å². The highest BCUT2D eigenvalue weighted by atomic mass is 35.5. The minimum absolute atomic E-state index is 0.221. The average Bonchev–Trinajstić information content (AvgIpc) is 2.47. The van der Waals surface area contributed by atoms with Crippen LogP contribution in [0.15, 0.2) is 59.4 Å². The van der Waals surface area contributed by atoms with Crippen molar-refractivity contribution in [2.45, 2.75) is 0 Å². The molecule has 1 heterocycles. The van der Waals surface area contributed by atoms with Crippen LogP contribution in [-0.4, -0.2) is 11.8 Å². The van der Waals surface area contributed by atoms with Crippen molar-refractivity contribution in [2.24, 2.45) is 0 Å². The molecule has 0 atom stereocenters. The highest BCUT2D eigenvalue weighted by molar-refractivity contribution is 6.31. The smallest absolute Gasteiger partial charge is 0.284 e. The molecule has 0 saturated heterocycles.